The van der Waals surface area contributed by atoms with Gasteiger partial charge in [-0.2, -0.15) is 5.10 Å². The third kappa shape index (κ3) is 2.24. The maximum atomic E-state index is 5.59. The third-order valence-electron chi connectivity index (χ3n) is 3.11. The molecule has 0 saturated carbocycles. The van der Waals surface area contributed by atoms with Gasteiger partial charge in [-0.1, -0.05) is 11.6 Å². The summed E-state index contributed by atoms with van der Waals surface area (Å²) in [5.74, 6) is 0.842. The van der Waals surface area contributed by atoms with Gasteiger partial charge in [0.15, 0.2) is 0 Å². The first-order valence-corrected chi connectivity index (χ1v) is 6.06. The molecular weight excluding hydrogens is 226 g/mol. The lowest BCUT2D eigenvalue weighted by atomic mass is 10.0. The molecule has 0 bridgehead atoms. The first kappa shape index (κ1) is 12.6. The van der Waals surface area contributed by atoms with Gasteiger partial charge in [0, 0.05) is 17.7 Å². The van der Waals surface area contributed by atoms with Crippen LogP contribution < -0.4 is 10.5 Å². The van der Waals surface area contributed by atoms with Crippen molar-refractivity contribution in [2.75, 3.05) is 13.7 Å². The first-order chi connectivity index (χ1) is 8.67. The molecule has 0 radical (unpaired) electrons. The number of rotatable bonds is 4. The van der Waals surface area contributed by atoms with Crippen LogP contribution >= 0.6 is 0 Å². The van der Waals surface area contributed by atoms with Gasteiger partial charge in [0.05, 0.1) is 12.8 Å². The molecule has 2 rings (SSSR count). The van der Waals surface area contributed by atoms with E-state index < -0.39 is 0 Å². The van der Waals surface area contributed by atoms with E-state index in [9.17, 15) is 0 Å². The van der Waals surface area contributed by atoms with Crippen molar-refractivity contribution in [3.63, 3.8) is 0 Å². The van der Waals surface area contributed by atoms with Crippen molar-refractivity contribution in [2.45, 2.75) is 20.3 Å². The summed E-state index contributed by atoms with van der Waals surface area (Å²) < 4.78 is 5.40. The average molecular weight is 245 g/mol. The SMILES string of the molecule is COc1ccc(C)cc1-c1n[nH]c(CCN)c1C. The van der Waals surface area contributed by atoms with E-state index in [2.05, 4.69) is 30.1 Å². The van der Waals surface area contributed by atoms with E-state index in [1.165, 1.54) is 5.56 Å². The summed E-state index contributed by atoms with van der Waals surface area (Å²) in [6, 6.07) is 6.10. The highest BCUT2D eigenvalue weighted by atomic mass is 16.5. The summed E-state index contributed by atoms with van der Waals surface area (Å²) in [5.41, 5.74) is 11.0. The van der Waals surface area contributed by atoms with Gasteiger partial charge in [0.2, 0.25) is 0 Å². The van der Waals surface area contributed by atoms with Crippen molar-refractivity contribution in [1.82, 2.24) is 10.2 Å². The Morgan fingerprint density at radius 1 is 1.33 bits per heavy atom. The highest BCUT2D eigenvalue weighted by Gasteiger charge is 2.14. The minimum atomic E-state index is 0.618. The number of benzene rings is 1. The molecule has 1 aromatic carbocycles. The number of nitrogens with one attached hydrogen (secondary N) is 1. The molecule has 3 N–H and O–H groups in total. The summed E-state index contributed by atoms with van der Waals surface area (Å²) in [5, 5.41) is 7.45. The Balaban J connectivity index is 2.51. The van der Waals surface area contributed by atoms with Crippen LogP contribution in [0.1, 0.15) is 16.8 Å². The lowest BCUT2D eigenvalue weighted by molar-refractivity contribution is 0.416. The molecule has 4 heteroatoms. The number of hydrogen-bond acceptors (Lipinski definition) is 3. The van der Waals surface area contributed by atoms with Crippen LogP contribution in [0.5, 0.6) is 5.75 Å². The van der Waals surface area contributed by atoms with E-state index in [4.69, 9.17) is 10.5 Å². The predicted molar refractivity (Wildman–Crippen MR) is 72.8 cm³/mol. The van der Waals surface area contributed by atoms with Gasteiger partial charge in [-0.05, 0) is 38.1 Å². The molecule has 0 atom stereocenters. The summed E-state index contributed by atoms with van der Waals surface area (Å²) in [6.07, 6.45) is 0.812. The number of hydrogen-bond donors (Lipinski definition) is 2. The molecule has 1 aromatic heterocycles. The van der Waals surface area contributed by atoms with Crippen LogP contribution in [0.3, 0.4) is 0 Å². The van der Waals surface area contributed by atoms with Crippen LogP contribution in [0, 0.1) is 13.8 Å². The fraction of sp³-hybridized carbons (Fsp3) is 0.357. The lowest BCUT2D eigenvalue weighted by Gasteiger charge is -2.08. The van der Waals surface area contributed by atoms with E-state index in [1.54, 1.807) is 7.11 Å². The minimum Gasteiger partial charge on any atom is -0.496 e. The van der Waals surface area contributed by atoms with Crippen molar-refractivity contribution in [3.05, 3.63) is 35.0 Å². The van der Waals surface area contributed by atoms with Crippen molar-refractivity contribution in [3.8, 4) is 17.0 Å². The second kappa shape index (κ2) is 5.23. The maximum Gasteiger partial charge on any atom is 0.128 e. The van der Waals surface area contributed by atoms with Crippen LogP contribution in [0.2, 0.25) is 0 Å². The maximum absolute atomic E-state index is 5.59. The first-order valence-electron chi connectivity index (χ1n) is 6.06. The van der Waals surface area contributed by atoms with Crippen molar-refractivity contribution in [2.24, 2.45) is 5.73 Å². The Hall–Kier alpha value is -1.81. The van der Waals surface area contributed by atoms with Crippen LogP contribution in [0.15, 0.2) is 18.2 Å². The van der Waals surface area contributed by atoms with E-state index >= 15 is 0 Å². The molecule has 0 fully saturated rings. The van der Waals surface area contributed by atoms with Gasteiger partial charge in [0.1, 0.15) is 5.75 Å². The number of aromatic amines is 1. The van der Waals surface area contributed by atoms with Crippen molar-refractivity contribution in [1.29, 1.82) is 0 Å². The van der Waals surface area contributed by atoms with Gasteiger partial charge in [-0.3, -0.25) is 5.10 Å². The number of methoxy groups -OCH3 is 1. The van der Waals surface area contributed by atoms with Crippen LogP contribution in [-0.4, -0.2) is 23.9 Å². The van der Waals surface area contributed by atoms with E-state index in [0.29, 0.717) is 6.54 Å². The summed E-state index contributed by atoms with van der Waals surface area (Å²) in [7, 11) is 1.68. The second-order valence-corrected chi connectivity index (χ2v) is 4.42. The van der Waals surface area contributed by atoms with Crippen molar-refractivity contribution >= 4 is 0 Å². The molecule has 2 aromatic rings. The van der Waals surface area contributed by atoms with Crippen LogP contribution in [0.4, 0.5) is 0 Å². The standard InChI is InChI=1S/C14H19N3O/c1-9-4-5-13(18-3)11(8-9)14-10(2)12(6-7-15)16-17-14/h4-5,8H,6-7,15H2,1-3H3,(H,16,17). The van der Waals surface area contributed by atoms with Gasteiger partial charge < -0.3 is 10.5 Å². The normalized spacial score (nSPS) is 10.7. The Kier molecular flexibility index (Phi) is 3.67. The Bertz CT molecular complexity index is 546. The highest BCUT2D eigenvalue weighted by Crippen LogP contribution is 2.32. The zero-order valence-corrected chi connectivity index (χ0v) is 11.1. The third-order valence-corrected chi connectivity index (χ3v) is 3.11. The fourth-order valence-electron chi connectivity index (χ4n) is 2.09. The molecule has 0 aliphatic rings. The Morgan fingerprint density at radius 2 is 2.11 bits per heavy atom. The molecule has 0 aliphatic carbocycles. The molecule has 4 nitrogen and oxygen atoms in total. The lowest BCUT2D eigenvalue weighted by Crippen LogP contribution is -2.03. The monoisotopic (exact) mass is 245 g/mol. The molecule has 18 heavy (non-hydrogen) atoms. The van der Waals surface area contributed by atoms with E-state index in [-0.39, 0.29) is 0 Å². The zero-order chi connectivity index (χ0) is 13.1. The van der Waals surface area contributed by atoms with Crippen LogP contribution in [-0.2, 0) is 6.42 Å². The zero-order valence-electron chi connectivity index (χ0n) is 11.1. The van der Waals surface area contributed by atoms with Gasteiger partial charge in [-0.15, -0.1) is 0 Å². The summed E-state index contributed by atoms with van der Waals surface area (Å²) in [4.78, 5) is 0. The van der Waals surface area contributed by atoms with Gasteiger partial charge >= 0.3 is 0 Å². The molecule has 0 amide bonds. The quantitative estimate of drug-likeness (QED) is 0.868. The summed E-state index contributed by atoms with van der Waals surface area (Å²) >= 11 is 0. The Morgan fingerprint density at radius 3 is 2.78 bits per heavy atom. The Labute approximate surface area is 107 Å². The van der Waals surface area contributed by atoms with E-state index in [1.807, 2.05) is 12.1 Å². The molecule has 1 heterocycles. The van der Waals surface area contributed by atoms with Gasteiger partial charge in [-0.25, -0.2) is 0 Å². The average Bonchev–Trinajstić information content (AvgIpc) is 2.72. The number of nitrogens with zero attached hydrogens (tertiary/aromatic N) is 1. The van der Waals surface area contributed by atoms with E-state index in [0.717, 1.165) is 34.7 Å². The topological polar surface area (TPSA) is 63.9 Å². The highest BCUT2D eigenvalue weighted by molar-refractivity contribution is 5.71. The molecule has 0 saturated heterocycles. The number of aryl methyl sites for hydroxylation is 1. The molecule has 0 spiro atoms. The molecule has 0 aliphatic heterocycles. The second-order valence-electron chi connectivity index (χ2n) is 4.42. The smallest absolute Gasteiger partial charge is 0.128 e. The fourth-order valence-corrected chi connectivity index (χ4v) is 2.09. The van der Waals surface area contributed by atoms with Gasteiger partial charge in [0.25, 0.3) is 0 Å². The van der Waals surface area contributed by atoms with Crippen molar-refractivity contribution < 1.29 is 4.74 Å². The molecule has 96 valence electrons. The largest absolute Gasteiger partial charge is 0.496 e. The number of H-pyrrole nitrogens is 1. The number of nitrogens with two attached hydrogens (primary N) is 1. The predicted octanol–water partition coefficient (Wildman–Crippen LogP) is 2.20. The van der Waals surface area contributed by atoms with Crippen LogP contribution in [0.25, 0.3) is 11.3 Å². The number of ether oxygens (including phenoxy) is 1. The minimum absolute atomic E-state index is 0.618. The molecular formula is C14H19N3O. The summed E-state index contributed by atoms with van der Waals surface area (Å²) in [6.45, 7) is 4.74. The molecule has 0 unspecified atom stereocenters. The number of aromatic nitrogens is 2.